The fraction of sp³-hybridized carbons (Fsp3) is 1.00. The first-order valence-electron chi connectivity index (χ1n) is 4.19. The van der Waals surface area contributed by atoms with Gasteiger partial charge in [0.25, 0.3) is 0 Å². The molecule has 10 heavy (non-hydrogen) atoms. The summed E-state index contributed by atoms with van der Waals surface area (Å²) < 4.78 is 0. The molecule has 0 spiro atoms. The molecule has 0 bridgehead atoms. The van der Waals surface area contributed by atoms with Crippen LogP contribution in [0.4, 0.5) is 0 Å². The van der Waals surface area contributed by atoms with Gasteiger partial charge in [0, 0.05) is 11.3 Å². The second-order valence-electron chi connectivity index (χ2n) is 2.90. The minimum Gasteiger partial charge on any atom is -0.313 e. The normalized spacial score (nSPS) is 28.8. The van der Waals surface area contributed by atoms with Crippen LogP contribution in [0.2, 0.25) is 0 Å². The van der Waals surface area contributed by atoms with E-state index < -0.39 is 0 Å². The second-order valence-corrected chi connectivity index (χ2v) is 4.24. The first-order valence-corrected chi connectivity index (χ1v) is 5.24. The molecule has 2 heteroatoms. The highest BCUT2D eigenvalue weighted by Gasteiger charge is 2.20. The molecule has 0 aromatic rings. The van der Waals surface area contributed by atoms with Crippen LogP contribution in [-0.2, 0) is 0 Å². The van der Waals surface area contributed by atoms with Crippen LogP contribution in [0.15, 0.2) is 0 Å². The maximum absolute atomic E-state index is 3.47. The van der Waals surface area contributed by atoms with Gasteiger partial charge in [0.05, 0.1) is 0 Å². The van der Waals surface area contributed by atoms with Gasteiger partial charge in [0.15, 0.2) is 0 Å². The summed E-state index contributed by atoms with van der Waals surface area (Å²) in [5, 5.41) is 4.36. The average molecular weight is 159 g/mol. The molecule has 1 heterocycles. The lowest BCUT2D eigenvalue weighted by atomic mass is 10.1. The Morgan fingerprint density at radius 1 is 1.70 bits per heavy atom. The minimum absolute atomic E-state index is 0.720. The van der Waals surface area contributed by atoms with Crippen molar-refractivity contribution in [2.75, 3.05) is 12.3 Å². The highest BCUT2D eigenvalue weighted by Crippen LogP contribution is 2.28. The monoisotopic (exact) mass is 159 g/mol. The van der Waals surface area contributed by atoms with E-state index in [2.05, 4.69) is 30.9 Å². The molecule has 1 rings (SSSR count). The Balaban J connectivity index is 2.18. The van der Waals surface area contributed by atoms with Crippen molar-refractivity contribution in [3.8, 4) is 0 Å². The zero-order valence-electron chi connectivity index (χ0n) is 6.89. The molecule has 1 aliphatic rings. The SMILES string of the molecule is CCNC(C)C1CCCS1. The second kappa shape index (κ2) is 4.24. The Morgan fingerprint density at radius 3 is 3.00 bits per heavy atom. The molecular formula is C8H17NS. The van der Waals surface area contributed by atoms with E-state index in [9.17, 15) is 0 Å². The van der Waals surface area contributed by atoms with Crippen LogP contribution >= 0.6 is 11.8 Å². The number of thioether (sulfide) groups is 1. The largest absolute Gasteiger partial charge is 0.313 e. The lowest BCUT2D eigenvalue weighted by Gasteiger charge is -2.18. The molecule has 0 radical (unpaired) electrons. The molecule has 60 valence electrons. The molecule has 1 saturated heterocycles. The van der Waals surface area contributed by atoms with E-state index >= 15 is 0 Å². The van der Waals surface area contributed by atoms with Crippen LogP contribution in [-0.4, -0.2) is 23.6 Å². The predicted molar refractivity (Wildman–Crippen MR) is 48.6 cm³/mol. The molecule has 0 aliphatic carbocycles. The number of hydrogen-bond acceptors (Lipinski definition) is 2. The third-order valence-corrected chi connectivity index (χ3v) is 3.65. The first-order chi connectivity index (χ1) is 4.84. The van der Waals surface area contributed by atoms with E-state index in [4.69, 9.17) is 0 Å². The fourth-order valence-corrected chi connectivity index (χ4v) is 2.80. The van der Waals surface area contributed by atoms with Crippen LogP contribution in [0, 0.1) is 0 Å². The molecule has 0 aromatic carbocycles. The van der Waals surface area contributed by atoms with Crippen LogP contribution in [0.25, 0.3) is 0 Å². The molecule has 1 nitrogen and oxygen atoms in total. The summed E-state index contributed by atoms with van der Waals surface area (Å²) in [7, 11) is 0. The number of hydrogen-bond donors (Lipinski definition) is 1. The maximum Gasteiger partial charge on any atom is 0.0198 e. The standard InChI is InChI=1S/C8H17NS/c1-3-9-7(2)8-5-4-6-10-8/h7-9H,3-6H2,1-2H3. The lowest BCUT2D eigenvalue weighted by molar-refractivity contribution is 0.534. The average Bonchev–Trinajstić information content (AvgIpc) is 2.38. The van der Waals surface area contributed by atoms with E-state index in [1.165, 1.54) is 18.6 Å². The summed E-state index contributed by atoms with van der Waals surface area (Å²) in [5.74, 6) is 1.38. The fourth-order valence-electron chi connectivity index (χ4n) is 1.45. The van der Waals surface area contributed by atoms with Gasteiger partial charge < -0.3 is 5.32 Å². The van der Waals surface area contributed by atoms with Gasteiger partial charge in [-0.2, -0.15) is 11.8 Å². The zero-order valence-corrected chi connectivity index (χ0v) is 7.71. The maximum atomic E-state index is 3.47. The van der Waals surface area contributed by atoms with E-state index in [0.29, 0.717) is 0 Å². The van der Waals surface area contributed by atoms with Crippen LogP contribution in [0.1, 0.15) is 26.7 Å². The number of rotatable bonds is 3. The highest BCUT2D eigenvalue weighted by atomic mass is 32.2. The van der Waals surface area contributed by atoms with Gasteiger partial charge in [-0.3, -0.25) is 0 Å². The van der Waals surface area contributed by atoms with Crippen molar-refractivity contribution in [2.45, 2.75) is 38.0 Å². The van der Waals surface area contributed by atoms with Crippen molar-refractivity contribution in [3.63, 3.8) is 0 Å². The van der Waals surface area contributed by atoms with Crippen molar-refractivity contribution < 1.29 is 0 Å². The summed E-state index contributed by atoms with van der Waals surface area (Å²) >= 11 is 2.13. The molecule has 0 amide bonds. The highest BCUT2D eigenvalue weighted by molar-refractivity contribution is 8.00. The molecule has 2 atom stereocenters. The lowest BCUT2D eigenvalue weighted by Crippen LogP contribution is -2.33. The Morgan fingerprint density at radius 2 is 2.50 bits per heavy atom. The van der Waals surface area contributed by atoms with E-state index in [0.717, 1.165) is 17.8 Å². The van der Waals surface area contributed by atoms with Gasteiger partial charge in [0.1, 0.15) is 0 Å². The van der Waals surface area contributed by atoms with E-state index in [1.54, 1.807) is 0 Å². The molecule has 2 unspecified atom stereocenters. The summed E-state index contributed by atoms with van der Waals surface area (Å²) in [4.78, 5) is 0. The third kappa shape index (κ3) is 2.17. The Hall–Kier alpha value is 0.310. The van der Waals surface area contributed by atoms with E-state index in [-0.39, 0.29) is 0 Å². The van der Waals surface area contributed by atoms with Gasteiger partial charge in [0.2, 0.25) is 0 Å². The van der Waals surface area contributed by atoms with Gasteiger partial charge in [-0.15, -0.1) is 0 Å². The molecular weight excluding hydrogens is 142 g/mol. The van der Waals surface area contributed by atoms with Crippen LogP contribution < -0.4 is 5.32 Å². The van der Waals surface area contributed by atoms with Crippen molar-refractivity contribution in [1.82, 2.24) is 5.32 Å². The number of nitrogens with one attached hydrogen (secondary N) is 1. The first kappa shape index (κ1) is 8.41. The molecule has 1 aliphatic heterocycles. The summed E-state index contributed by atoms with van der Waals surface area (Å²) in [6, 6.07) is 0.720. The Labute approximate surface area is 68.0 Å². The molecule has 1 N–H and O–H groups in total. The predicted octanol–water partition coefficient (Wildman–Crippen LogP) is 1.88. The summed E-state index contributed by atoms with van der Waals surface area (Å²) in [6.45, 7) is 5.58. The summed E-state index contributed by atoms with van der Waals surface area (Å²) in [5.41, 5.74) is 0. The molecule has 0 aromatic heterocycles. The van der Waals surface area contributed by atoms with Crippen molar-refractivity contribution in [3.05, 3.63) is 0 Å². The molecule has 1 fully saturated rings. The minimum atomic E-state index is 0.720. The third-order valence-electron chi connectivity index (χ3n) is 2.05. The van der Waals surface area contributed by atoms with Crippen LogP contribution in [0.3, 0.4) is 0 Å². The van der Waals surface area contributed by atoms with E-state index in [1.807, 2.05) is 0 Å². The van der Waals surface area contributed by atoms with Gasteiger partial charge in [-0.05, 0) is 32.1 Å². The Bertz CT molecular complexity index is 89.3. The Kier molecular flexibility index (Phi) is 3.57. The summed E-state index contributed by atoms with van der Waals surface area (Å²) in [6.07, 6.45) is 2.84. The zero-order chi connectivity index (χ0) is 7.40. The van der Waals surface area contributed by atoms with Crippen molar-refractivity contribution in [2.24, 2.45) is 0 Å². The molecule has 0 saturated carbocycles. The van der Waals surface area contributed by atoms with Gasteiger partial charge in [-0.25, -0.2) is 0 Å². The quantitative estimate of drug-likeness (QED) is 0.675. The van der Waals surface area contributed by atoms with Gasteiger partial charge in [-0.1, -0.05) is 6.92 Å². The van der Waals surface area contributed by atoms with Crippen molar-refractivity contribution in [1.29, 1.82) is 0 Å². The van der Waals surface area contributed by atoms with Crippen molar-refractivity contribution >= 4 is 11.8 Å². The van der Waals surface area contributed by atoms with Gasteiger partial charge >= 0.3 is 0 Å². The smallest absolute Gasteiger partial charge is 0.0198 e. The topological polar surface area (TPSA) is 12.0 Å². The van der Waals surface area contributed by atoms with Crippen LogP contribution in [0.5, 0.6) is 0 Å².